The third-order valence-corrected chi connectivity index (χ3v) is 3.66. The molecule has 0 aromatic carbocycles. The van der Waals surface area contributed by atoms with E-state index in [0.29, 0.717) is 5.82 Å². The van der Waals surface area contributed by atoms with E-state index in [1.165, 1.54) is 11.3 Å². The molecular formula is C9H7BrN2O2S. The lowest BCUT2D eigenvalue weighted by atomic mass is 10.3. The van der Waals surface area contributed by atoms with Gasteiger partial charge in [0.15, 0.2) is 5.82 Å². The average molecular weight is 287 g/mol. The lowest BCUT2D eigenvalue weighted by molar-refractivity contribution is 0.448. The molecule has 0 saturated heterocycles. The third-order valence-electron chi connectivity index (χ3n) is 1.92. The molecule has 2 rings (SSSR count). The molecule has 0 amide bonds. The Bertz CT molecular complexity index is 561. The Kier molecular flexibility index (Phi) is 2.62. The Balaban J connectivity index is 2.66. The van der Waals surface area contributed by atoms with E-state index in [2.05, 4.69) is 25.9 Å². The summed E-state index contributed by atoms with van der Waals surface area (Å²) in [6, 6.07) is 1.93. The zero-order valence-electron chi connectivity index (χ0n) is 7.74. The van der Waals surface area contributed by atoms with Crippen molar-refractivity contribution in [3.05, 3.63) is 31.8 Å². The first-order valence-electron chi connectivity index (χ1n) is 4.13. The standard InChI is InChI=1S/C9H7BrN2O2S/c1-4-2-3-15-6(4)7-11-8(13)5(10)9(14)12-7/h2-3H,1H3,(H2,11,12,13,14). The van der Waals surface area contributed by atoms with Gasteiger partial charge in [-0.3, -0.25) is 4.79 Å². The number of aromatic hydroxyl groups is 1. The summed E-state index contributed by atoms with van der Waals surface area (Å²) in [6.07, 6.45) is 0. The van der Waals surface area contributed by atoms with Crippen LogP contribution in [0.2, 0.25) is 0 Å². The number of hydrogen-bond acceptors (Lipinski definition) is 4. The molecule has 6 heteroatoms. The molecule has 0 atom stereocenters. The Labute approximate surface area is 97.8 Å². The maximum absolute atomic E-state index is 11.4. The lowest BCUT2D eigenvalue weighted by Gasteiger charge is -2.00. The third kappa shape index (κ3) is 1.82. The molecule has 0 saturated carbocycles. The van der Waals surface area contributed by atoms with Crippen molar-refractivity contribution in [1.29, 1.82) is 0 Å². The van der Waals surface area contributed by atoms with Crippen molar-refractivity contribution in [3.63, 3.8) is 0 Å². The highest BCUT2D eigenvalue weighted by molar-refractivity contribution is 9.10. The molecule has 0 unspecified atom stereocenters. The molecule has 15 heavy (non-hydrogen) atoms. The average Bonchev–Trinajstić information content (AvgIpc) is 2.60. The SMILES string of the molecule is Cc1ccsc1-c1nc(O)c(Br)c(=O)[nH]1. The fourth-order valence-corrected chi connectivity index (χ4v) is 2.23. The maximum Gasteiger partial charge on any atom is 0.269 e. The number of nitrogens with zero attached hydrogens (tertiary/aromatic N) is 1. The predicted octanol–water partition coefficient (Wildman–Crippen LogP) is 2.27. The fourth-order valence-electron chi connectivity index (χ4n) is 1.17. The summed E-state index contributed by atoms with van der Waals surface area (Å²) in [4.78, 5) is 18.7. The quantitative estimate of drug-likeness (QED) is 0.845. The molecule has 2 heterocycles. The maximum atomic E-state index is 11.4. The van der Waals surface area contributed by atoms with Crippen LogP contribution in [-0.4, -0.2) is 15.1 Å². The Hall–Kier alpha value is -1.14. The Morgan fingerprint density at radius 3 is 2.87 bits per heavy atom. The van der Waals surface area contributed by atoms with Crippen molar-refractivity contribution in [2.45, 2.75) is 6.92 Å². The number of rotatable bonds is 1. The summed E-state index contributed by atoms with van der Waals surface area (Å²) < 4.78 is 0.0560. The molecule has 2 N–H and O–H groups in total. The minimum Gasteiger partial charge on any atom is -0.492 e. The summed E-state index contributed by atoms with van der Waals surface area (Å²) in [5.74, 6) is 0.106. The van der Waals surface area contributed by atoms with Crippen LogP contribution in [0.15, 0.2) is 20.7 Å². The Morgan fingerprint density at radius 1 is 1.60 bits per heavy atom. The zero-order valence-corrected chi connectivity index (χ0v) is 10.1. The van der Waals surface area contributed by atoms with Gasteiger partial charge in [-0.05, 0) is 39.9 Å². The minimum absolute atomic E-state index is 0.0560. The van der Waals surface area contributed by atoms with E-state index in [0.717, 1.165) is 10.4 Å². The molecule has 0 spiro atoms. The number of H-pyrrole nitrogens is 1. The largest absolute Gasteiger partial charge is 0.492 e. The van der Waals surface area contributed by atoms with Gasteiger partial charge in [0.2, 0.25) is 5.88 Å². The van der Waals surface area contributed by atoms with Crippen LogP contribution < -0.4 is 5.56 Å². The smallest absolute Gasteiger partial charge is 0.269 e. The first-order chi connectivity index (χ1) is 7.09. The van der Waals surface area contributed by atoms with Crippen LogP contribution in [-0.2, 0) is 0 Å². The molecule has 2 aromatic heterocycles. The summed E-state index contributed by atoms with van der Waals surface area (Å²) >= 11 is 4.41. The first-order valence-corrected chi connectivity index (χ1v) is 5.80. The van der Waals surface area contributed by atoms with Gasteiger partial charge in [0.05, 0.1) is 4.88 Å². The van der Waals surface area contributed by atoms with E-state index >= 15 is 0 Å². The number of nitrogens with one attached hydrogen (secondary N) is 1. The normalized spacial score (nSPS) is 10.5. The number of halogens is 1. The van der Waals surface area contributed by atoms with Gasteiger partial charge in [0.25, 0.3) is 5.56 Å². The van der Waals surface area contributed by atoms with Crippen molar-refractivity contribution in [1.82, 2.24) is 9.97 Å². The number of aryl methyl sites for hydroxylation is 1. The van der Waals surface area contributed by atoms with Crippen molar-refractivity contribution in [2.75, 3.05) is 0 Å². The van der Waals surface area contributed by atoms with E-state index in [1.54, 1.807) is 0 Å². The molecule has 0 aliphatic carbocycles. The topological polar surface area (TPSA) is 66.0 Å². The fraction of sp³-hybridized carbons (Fsp3) is 0.111. The van der Waals surface area contributed by atoms with Crippen LogP contribution in [0, 0.1) is 6.92 Å². The molecule has 0 aliphatic heterocycles. The van der Waals surface area contributed by atoms with Gasteiger partial charge in [0, 0.05) is 0 Å². The van der Waals surface area contributed by atoms with Crippen LogP contribution in [0.4, 0.5) is 0 Å². The molecule has 0 radical (unpaired) electrons. The van der Waals surface area contributed by atoms with E-state index < -0.39 is 0 Å². The zero-order chi connectivity index (χ0) is 11.0. The second-order valence-electron chi connectivity index (χ2n) is 2.98. The highest BCUT2D eigenvalue weighted by atomic mass is 79.9. The van der Waals surface area contributed by atoms with E-state index in [9.17, 15) is 9.90 Å². The van der Waals surface area contributed by atoms with Crippen LogP contribution in [0.1, 0.15) is 5.56 Å². The highest BCUT2D eigenvalue weighted by Crippen LogP contribution is 2.27. The Morgan fingerprint density at radius 2 is 2.33 bits per heavy atom. The van der Waals surface area contributed by atoms with E-state index in [4.69, 9.17) is 0 Å². The van der Waals surface area contributed by atoms with Crippen LogP contribution in [0.25, 0.3) is 10.7 Å². The van der Waals surface area contributed by atoms with Gasteiger partial charge in [-0.2, -0.15) is 4.98 Å². The minimum atomic E-state index is -0.384. The monoisotopic (exact) mass is 286 g/mol. The van der Waals surface area contributed by atoms with Gasteiger partial charge < -0.3 is 10.1 Å². The number of aromatic nitrogens is 2. The number of aromatic amines is 1. The first kappa shape index (κ1) is 10.4. The molecule has 4 nitrogen and oxygen atoms in total. The van der Waals surface area contributed by atoms with Crippen LogP contribution in [0.5, 0.6) is 5.88 Å². The van der Waals surface area contributed by atoms with Crippen molar-refractivity contribution in [3.8, 4) is 16.6 Å². The predicted molar refractivity (Wildman–Crippen MR) is 62.3 cm³/mol. The van der Waals surface area contributed by atoms with Gasteiger partial charge in [-0.1, -0.05) is 0 Å². The summed E-state index contributed by atoms with van der Waals surface area (Å²) in [5.41, 5.74) is 0.634. The van der Waals surface area contributed by atoms with Crippen molar-refractivity contribution in [2.24, 2.45) is 0 Å². The lowest BCUT2D eigenvalue weighted by Crippen LogP contribution is -2.09. The van der Waals surface area contributed by atoms with Crippen LogP contribution >= 0.6 is 27.3 Å². The summed E-state index contributed by atoms with van der Waals surface area (Å²) in [5, 5.41) is 11.3. The molecule has 0 bridgehead atoms. The second kappa shape index (κ2) is 3.79. The van der Waals surface area contributed by atoms with E-state index in [-0.39, 0.29) is 15.9 Å². The van der Waals surface area contributed by atoms with Crippen molar-refractivity contribution >= 4 is 27.3 Å². The van der Waals surface area contributed by atoms with Gasteiger partial charge >= 0.3 is 0 Å². The van der Waals surface area contributed by atoms with Gasteiger partial charge in [-0.15, -0.1) is 11.3 Å². The summed E-state index contributed by atoms with van der Waals surface area (Å²) in [6.45, 7) is 1.92. The number of hydrogen-bond donors (Lipinski definition) is 2. The van der Waals surface area contributed by atoms with E-state index in [1.807, 2.05) is 18.4 Å². The van der Waals surface area contributed by atoms with Crippen LogP contribution in [0.3, 0.4) is 0 Å². The molecular weight excluding hydrogens is 280 g/mol. The molecule has 78 valence electrons. The van der Waals surface area contributed by atoms with Gasteiger partial charge in [0.1, 0.15) is 4.47 Å². The summed E-state index contributed by atoms with van der Waals surface area (Å²) in [7, 11) is 0. The van der Waals surface area contributed by atoms with Gasteiger partial charge in [-0.25, -0.2) is 0 Å². The second-order valence-corrected chi connectivity index (χ2v) is 4.69. The highest BCUT2D eigenvalue weighted by Gasteiger charge is 2.11. The molecule has 0 aliphatic rings. The molecule has 2 aromatic rings. The molecule has 0 fully saturated rings. The van der Waals surface area contributed by atoms with Crippen molar-refractivity contribution < 1.29 is 5.11 Å². The number of thiophene rings is 1.